The van der Waals surface area contributed by atoms with Crippen LogP contribution in [0.1, 0.15) is 48.4 Å². The number of hydrogen-bond donors (Lipinski definition) is 1. The van der Waals surface area contributed by atoms with Gasteiger partial charge in [0, 0.05) is 12.6 Å². The predicted octanol–water partition coefficient (Wildman–Crippen LogP) is 5.65. The maximum absolute atomic E-state index is 12.8. The van der Waals surface area contributed by atoms with Crippen LogP contribution in [0.2, 0.25) is 0 Å². The van der Waals surface area contributed by atoms with Crippen molar-refractivity contribution >= 4 is 12.0 Å². The minimum absolute atomic E-state index is 0.0368. The average Bonchev–Trinajstić information content (AvgIpc) is 3.54. The van der Waals surface area contributed by atoms with Crippen LogP contribution >= 0.6 is 0 Å². The van der Waals surface area contributed by atoms with E-state index in [0.717, 1.165) is 53.5 Å². The molecule has 34 heavy (non-hydrogen) atoms. The Morgan fingerprint density at radius 3 is 2.38 bits per heavy atom. The fraction of sp³-hybridized carbons (Fsp3) is 0.310. The molecule has 5 rings (SSSR count). The second-order valence-electron chi connectivity index (χ2n) is 9.23. The van der Waals surface area contributed by atoms with Crippen molar-refractivity contribution in [3.63, 3.8) is 0 Å². The van der Waals surface area contributed by atoms with Crippen LogP contribution in [-0.4, -0.2) is 29.5 Å². The first-order chi connectivity index (χ1) is 16.7. The van der Waals surface area contributed by atoms with Gasteiger partial charge in [-0.25, -0.2) is 4.79 Å². The van der Waals surface area contributed by atoms with Crippen LogP contribution in [0.5, 0.6) is 0 Å². The Morgan fingerprint density at radius 1 is 0.853 bits per heavy atom. The molecule has 1 heterocycles. The van der Waals surface area contributed by atoms with Gasteiger partial charge in [-0.1, -0.05) is 78.9 Å². The first-order valence-corrected chi connectivity index (χ1v) is 12.1. The van der Waals surface area contributed by atoms with Gasteiger partial charge in [-0.05, 0) is 53.5 Å². The molecule has 3 aromatic rings. The second-order valence-corrected chi connectivity index (χ2v) is 9.23. The lowest BCUT2D eigenvalue weighted by molar-refractivity contribution is -0.120. The third kappa shape index (κ3) is 5.48. The van der Waals surface area contributed by atoms with E-state index in [0.29, 0.717) is 19.0 Å². The van der Waals surface area contributed by atoms with Gasteiger partial charge in [0.25, 0.3) is 0 Å². The number of benzene rings is 3. The summed E-state index contributed by atoms with van der Waals surface area (Å²) in [6.07, 6.45) is 4.25. The molecule has 5 nitrogen and oxygen atoms in total. The first-order valence-electron chi connectivity index (χ1n) is 12.1. The molecule has 2 fully saturated rings. The Labute approximate surface area is 200 Å². The lowest BCUT2D eigenvalue weighted by Gasteiger charge is -2.24. The highest BCUT2D eigenvalue weighted by Crippen LogP contribution is 2.34. The number of amides is 2. The first kappa shape index (κ1) is 22.2. The maximum atomic E-state index is 12.8. The average molecular weight is 455 g/mol. The fourth-order valence-electron chi connectivity index (χ4n) is 4.58. The third-order valence-corrected chi connectivity index (χ3v) is 6.56. The number of hydrogen-bond acceptors (Lipinski definition) is 3. The largest absolute Gasteiger partial charge is 0.445 e. The molecule has 174 valence electrons. The SMILES string of the molecule is O=C(Cc1cccc(-c2ccc([C@@H]3CCCN3C(=O)OCc3ccccc3)cc2)c1)NC1CC1. The maximum Gasteiger partial charge on any atom is 0.410 e. The molecule has 1 aliphatic heterocycles. The summed E-state index contributed by atoms with van der Waals surface area (Å²) in [5.74, 6) is 0.0930. The van der Waals surface area contributed by atoms with Crippen molar-refractivity contribution in [3.05, 3.63) is 95.6 Å². The fourth-order valence-corrected chi connectivity index (χ4v) is 4.58. The number of ether oxygens (including phenoxy) is 1. The Hall–Kier alpha value is -3.60. The minimum atomic E-state index is -0.257. The van der Waals surface area contributed by atoms with E-state index < -0.39 is 0 Å². The molecule has 1 saturated carbocycles. The highest BCUT2D eigenvalue weighted by Gasteiger charge is 2.31. The van der Waals surface area contributed by atoms with Crippen molar-refractivity contribution in [1.82, 2.24) is 10.2 Å². The monoisotopic (exact) mass is 454 g/mol. The van der Waals surface area contributed by atoms with Gasteiger partial charge < -0.3 is 15.0 Å². The van der Waals surface area contributed by atoms with E-state index in [2.05, 4.69) is 41.7 Å². The van der Waals surface area contributed by atoms with Crippen LogP contribution in [0.4, 0.5) is 4.79 Å². The zero-order valence-electron chi connectivity index (χ0n) is 19.3. The number of likely N-dealkylation sites (tertiary alicyclic amines) is 1. The van der Waals surface area contributed by atoms with Crippen molar-refractivity contribution in [2.45, 2.75) is 50.8 Å². The van der Waals surface area contributed by atoms with Crippen molar-refractivity contribution in [1.29, 1.82) is 0 Å². The molecule has 1 atom stereocenters. The van der Waals surface area contributed by atoms with Crippen molar-refractivity contribution in [3.8, 4) is 11.1 Å². The number of carbonyl (C=O) groups is 2. The number of carbonyl (C=O) groups excluding carboxylic acids is 2. The quantitative estimate of drug-likeness (QED) is 0.502. The summed E-state index contributed by atoms with van der Waals surface area (Å²) in [5, 5.41) is 3.05. The van der Waals surface area contributed by atoms with Crippen LogP contribution in [0.3, 0.4) is 0 Å². The molecule has 0 aromatic heterocycles. The molecule has 0 spiro atoms. The highest BCUT2D eigenvalue weighted by molar-refractivity contribution is 5.80. The van der Waals surface area contributed by atoms with Gasteiger partial charge in [0.2, 0.25) is 5.91 Å². The zero-order valence-corrected chi connectivity index (χ0v) is 19.3. The Balaban J connectivity index is 1.23. The van der Waals surface area contributed by atoms with Crippen molar-refractivity contribution in [2.75, 3.05) is 6.54 Å². The Bertz CT molecular complexity index is 1140. The highest BCUT2D eigenvalue weighted by atomic mass is 16.6. The van der Waals surface area contributed by atoms with Crippen LogP contribution < -0.4 is 5.32 Å². The van der Waals surface area contributed by atoms with E-state index in [1.165, 1.54) is 0 Å². The van der Waals surface area contributed by atoms with Gasteiger partial charge in [0.15, 0.2) is 0 Å². The summed E-state index contributed by atoms with van der Waals surface area (Å²) in [5.41, 5.74) is 5.32. The molecule has 0 unspecified atom stereocenters. The van der Waals surface area contributed by atoms with Crippen LogP contribution in [0.25, 0.3) is 11.1 Å². The molecule has 5 heteroatoms. The predicted molar refractivity (Wildman–Crippen MR) is 132 cm³/mol. The smallest absolute Gasteiger partial charge is 0.410 e. The van der Waals surface area contributed by atoms with Crippen LogP contribution in [0, 0.1) is 0 Å². The zero-order chi connectivity index (χ0) is 23.3. The lowest BCUT2D eigenvalue weighted by atomic mass is 9.98. The molecule has 0 radical (unpaired) electrons. The molecule has 1 saturated heterocycles. The van der Waals surface area contributed by atoms with E-state index >= 15 is 0 Å². The third-order valence-electron chi connectivity index (χ3n) is 6.56. The summed E-state index contributed by atoms with van der Waals surface area (Å²) < 4.78 is 5.58. The molecule has 2 amide bonds. The van der Waals surface area contributed by atoms with Crippen LogP contribution in [-0.2, 0) is 22.6 Å². The van der Waals surface area contributed by atoms with E-state index in [4.69, 9.17) is 4.74 Å². The number of nitrogens with zero attached hydrogens (tertiary/aromatic N) is 1. The van der Waals surface area contributed by atoms with E-state index in [9.17, 15) is 9.59 Å². The molecular formula is C29H30N2O3. The molecule has 1 aliphatic carbocycles. The number of nitrogens with one attached hydrogen (secondary N) is 1. The van der Waals surface area contributed by atoms with E-state index in [1.807, 2.05) is 47.4 Å². The molecule has 0 bridgehead atoms. The van der Waals surface area contributed by atoms with Gasteiger partial charge in [0.05, 0.1) is 12.5 Å². The van der Waals surface area contributed by atoms with E-state index in [1.54, 1.807) is 0 Å². The Morgan fingerprint density at radius 2 is 1.62 bits per heavy atom. The molecule has 2 aliphatic rings. The summed E-state index contributed by atoms with van der Waals surface area (Å²) in [6.45, 7) is 1.00. The van der Waals surface area contributed by atoms with Gasteiger partial charge in [-0.2, -0.15) is 0 Å². The number of rotatable bonds is 7. The van der Waals surface area contributed by atoms with Gasteiger partial charge in [-0.15, -0.1) is 0 Å². The molecular weight excluding hydrogens is 424 g/mol. The summed E-state index contributed by atoms with van der Waals surface area (Å²) in [4.78, 5) is 26.8. The summed E-state index contributed by atoms with van der Waals surface area (Å²) in [6, 6.07) is 26.8. The van der Waals surface area contributed by atoms with Crippen molar-refractivity contribution < 1.29 is 14.3 Å². The minimum Gasteiger partial charge on any atom is -0.445 e. The second kappa shape index (κ2) is 10.1. The van der Waals surface area contributed by atoms with Crippen molar-refractivity contribution in [2.24, 2.45) is 0 Å². The summed E-state index contributed by atoms with van der Waals surface area (Å²) >= 11 is 0. The Kier molecular flexibility index (Phi) is 6.61. The van der Waals surface area contributed by atoms with E-state index in [-0.39, 0.29) is 24.6 Å². The topological polar surface area (TPSA) is 58.6 Å². The van der Waals surface area contributed by atoms with Gasteiger partial charge in [-0.3, -0.25) is 4.79 Å². The summed E-state index contributed by atoms with van der Waals surface area (Å²) in [7, 11) is 0. The standard InChI is InChI=1S/C29H30N2O3/c32-28(30-26-15-16-26)19-22-8-4-9-25(18-22)23-11-13-24(14-12-23)27-10-5-17-31(27)29(33)34-20-21-6-2-1-3-7-21/h1-4,6-9,11-14,18,26-27H,5,10,15-17,19-20H2,(H,30,32)/t27-/m0/s1. The van der Waals surface area contributed by atoms with Gasteiger partial charge >= 0.3 is 6.09 Å². The van der Waals surface area contributed by atoms with Crippen LogP contribution in [0.15, 0.2) is 78.9 Å². The van der Waals surface area contributed by atoms with Gasteiger partial charge in [0.1, 0.15) is 6.61 Å². The normalized spacial score (nSPS) is 17.4. The molecule has 3 aromatic carbocycles. The lowest BCUT2D eigenvalue weighted by Crippen LogP contribution is -2.31. The molecule has 1 N–H and O–H groups in total.